The van der Waals surface area contributed by atoms with Crippen molar-refractivity contribution in [3.8, 4) is 11.5 Å². The van der Waals surface area contributed by atoms with Crippen molar-refractivity contribution in [3.63, 3.8) is 0 Å². The van der Waals surface area contributed by atoms with Gasteiger partial charge in [-0.15, -0.1) is 0 Å². The number of amides is 2. The Morgan fingerprint density at radius 1 is 1.00 bits per heavy atom. The van der Waals surface area contributed by atoms with Gasteiger partial charge in [0.1, 0.15) is 11.5 Å². The number of carbonyl (C=O) groups is 3. The highest BCUT2D eigenvalue weighted by molar-refractivity contribution is 5.96. The van der Waals surface area contributed by atoms with E-state index < -0.39 is 12.0 Å². The Kier molecular flexibility index (Phi) is 10.7. The van der Waals surface area contributed by atoms with Crippen LogP contribution in [0.3, 0.4) is 0 Å². The van der Waals surface area contributed by atoms with Crippen molar-refractivity contribution in [1.29, 1.82) is 0 Å². The molecule has 8 nitrogen and oxygen atoms in total. The second-order valence-corrected chi connectivity index (χ2v) is 7.19. The topological polar surface area (TPSA) is 103 Å². The Bertz CT molecular complexity index is 931. The Balaban J connectivity index is 1.90. The van der Waals surface area contributed by atoms with E-state index in [-0.39, 0.29) is 31.3 Å². The summed E-state index contributed by atoms with van der Waals surface area (Å²) in [6.45, 7) is 4.65. The number of hydrogen-bond donors (Lipinski definition) is 2. The molecule has 0 aromatic heterocycles. The van der Waals surface area contributed by atoms with Crippen LogP contribution in [0.4, 0.5) is 0 Å². The predicted octanol–water partition coefficient (Wildman–Crippen LogP) is 3.41. The number of nitrogens with one attached hydrogen (secondary N) is 2. The summed E-state index contributed by atoms with van der Waals surface area (Å²) in [5.74, 6) is 0.277. The van der Waals surface area contributed by atoms with E-state index in [1.54, 1.807) is 56.5 Å². The van der Waals surface area contributed by atoms with E-state index in [0.717, 1.165) is 5.56 Å². The molecule has 0 heterocycles. The zero-order valence-corrected chi connectivity index (χ0v) is 19.4. The van der Waals surface area contributed by atoms with Crippen LogP contribution in [0.2, 0.25) is 0 Å². The van der Waals surface area contributed by atoms with Gasteiger partial charge in [-0.1, -0.05) is 24.3 Å². The summed E-state index contributed by atoms with van der Waals surface area (Å²) < 4.78 is 15.8. The normalized spacial score (nSPS) is 11.2. The van der Waals surface area contributed by atoms with Crippen LogP contribution in [-0.4, -0.2) is 44.7 Å². The third-order valence-electron chi connectivity index (χ3n) is 4.81. The lowest BCUT2D eigenvalue weighted by atomic mass is 10.0. The van der Waals surface area contributed by atoms with E-state index in [0.29, 0.717) is 36.6 Å². The van der Waals surface area contributed by atoms with Crippen LogP contribution in [0.1, 0.15) is 55.1 Å². The summed E-state index contributed by atoms with van der Waals surface area (Å²) >= 11 is 0. The van der Waals surface area contributed by atoms with Crippen molar-refractivity contribution in [2.45, 2.75) is 39.2 Å². The van der Waals surface area contributed by atoms with E-state index in [4.69, 9.17) is 14.2 Å². The molecule has 0 bridgehead atoms. The minimum absolute atomic E-state index is 0.0116. The van der Waals surface area contributed by atoms with Crippen LogP contribution < -0.4 is 20.1 Å². The molecule has 1 unspecified atom stereocenters. The lowest BCUT2D eigenvalue weighted by Crippen LogP contribution is -2.31. The monoisotopic (exact) mass is 456 g/mol. The highest BCUT2D eigenvalue weighted by Gasteiger charge is 2.20. The quantitative estimate of drug-likeness (QED) is 0.354. The summed E-state index contributed by atoms with van der Waals surface area (Å²) in [6.07, 6.45) is 0.646. The maximum atomic E-state index is 12.5. The summed E-state index contributed by atoms with van der Waals surface area (Å²) in [7, 11) is 1.55. The Labute approximate surface area is 194 Å². The molecule has 33 heavy (non-hydrogen) atoms. The van der Waals surface area contributed by atoms with Crippen molar-refractivity contribution in [2.75, 3.05) is 26.9 Å². The lowest BCUT2D eigenvalue weighted by Gasteiger charge is -2.19. The highest BCUT2D eigenvalue weighted by atomic mass is 16.5. The zero-order chi connectivity index (χ0) is 24.1. The van der Waals surface area contributed by atoms with Crippen LogP contribution in [0.15, 0.2) is 48.5 Å². The van der Waals surface area contributed by atoms with Crippen molar-refractivity contribution < 1.29 is 28.6 Å². The molecule has 2 aromatic carbocycles. The average Bonchev–Trinajstić information content (AvgIpc) is 2.82. The molecule has 8 heteroatoms. The summed E-state index contributed by atoms with van der Waals surface area (Å²) in [4.78, 5) is 37.0. The SMILES string of the molecule is CCOC(=O)CC(NC(=O)CCCNC(=O)c1ccccc1OCC)c1cccc(OC)c1. The van der Waals surface area contributed by atoms with Crippen molar-refractivity contribution in [2.24, 2.45) is 0 Å². The molecular weight excluding hydrogens is 424 g/mol. The molecule has 0 aliphatic carbocycles. The minimum atomic E-state index is -0.542. The first-order valence-corrected chi connectivity index (χ1v) is 11.1. The first-order valence-electron chi connectivity index (χ1n) is 11.1. The van der Waals surface area contributed by atoms with Crippen LogP contribution in [0.5, 0.6) is 11.5 Å². The van der Waals surface area contributed by atoms with Crippen molar-refractivity contribution >= 4 is 17.8 Å². The number of benzene rings is 2. The molecule has 0 spiro atoms. The highest BCUT2D eigenvalue weighted by Crippen LogP contribution is 2.22. The van der Waals surface area contributed by atoms with Gasteiger partial charge in [0.2, 0.25) is 5.91 Å². The Morgan fingerprint density at radius 3 is 2.52 bits per heavy atom. The van der Waals surface area contributed by atoms with Crippen molar-refractivity contribution in [3.05, 3.63) is 59.7 Å². The number of methoxy groups -OCH3 is 1. The molecule has 2 aromatic rings. The fourth-order valence-corrected chi connectivity index (χ4v) is 3.25. The average molecular weight is 457 g/mol. The molecule has 0 fully saturated rings. The van der Waals surface area contributed by atoms with Gasteiger partial charge >= 0.3 is 5.97 Å². The molecule has 2 N–H and O–H groups in total. The van der Waals surface area contributed by atoms with Crippen LogP contribution in [-0.2, 0) is 14.3 Å². The first-order chi connectivity index (χ1) is 16.0. The van der Waals surface area contributed by atoms with Gasteiger partial charge in [-0.05, 0) is 50.1 Å². The number of para-hydroxylation sites is 1. The molecule has 0 aliphatic heterocycles. The molecule has 178 valence electrons. The second kappa shape index (κ2) is 13.8. The maximum absolute atomic E-state index is 12.5. The largest absolute Gasteiger partial charge is 0.497 e. The number of carbonyl (C=O) groups excluding carboxylic acids is 3. The third-order valence-corrected chi connectivity index (χ3v) is 4.81. The fraction of sp³-hybridized carbons (Fsp3) is 0.400. The fourth-order valence-electron chi connectivity index (χ4n) is 3.25. The Morgan fingerprint density at radius 2 is 1.79 bits per heavy atom. The second-order valence-electron chi connectivity index (χ2n) is 7.19. The molecule has 1 atom stereocenters. The zero-order valence-electron chi connectivity index (χ0n) is 19.4. The van der Waals surface area contributed by atoms with E-state index in [2.05, 4.69) is 10.6 Å². The number of rotatable bonds is 13. The molecule has 2 amide bonds. The molecule has 0 aliphatic rings. The van der Waals surface area contributed by atoms with E-state index in [9.17, 15) is 14.4 Å². The summed E-state index contributed by atoms with van der Waals surface area (Å²) in [6, 6.07) is 13.7. The minimum Gasteiger partial charge on any atom is -0.497 e. The van der Waals surface area contributed by atoms with Crippen LogP contribution >= 0.6 is 0 Å². The molecular formula is C25H32N2O6. The van der Waals surface area contributed by atoms with Crippen molar-refractivity contribution in [1.82, 2.24) is 10.6 Å². The molecule has 0 saturated heterocycles. The van der Waals surface area contributed by atoms with Gasteiger partial charge in [-0.2, -0.15) is 0 Å². The maximum Gasteiger partial charge on any atom is 0.308 e. The van der Waals surface area contributed by atoms with Crippen LogP contribution in [0, 0.1) is 0 Å². The third kappa shape index (κ3) is 8.48. The summed E-state index contributed by atoms with van der Waals surface area (Å²) in [5, 5.41) is 5.70. The van der Waals surface area contributed by atoms with E-state index in [1.807, 2.05) is 13.0 Å². The molecule has 0 radical (unpaired) electrons. The van der Waals surface area contributed by atoms with Gasteiger partial charge in [-0.25, -0.2) is 0 Å². The molecule has 2 rings (SSSR count). The van der Waals surface area contributed by atoms with Gasteiger partial charge in [0, 0.05) is 13.0 Å². The van der Waals surface area contributed by atoms with Gasteiger partial charge in [0.25, 0.3) is 5.91 Å². The van der Waals surface area contributed by atoms with Gasteiger partial charge in [0.05, 0.1) is 38.3 Å². The van der Waals surface area contributed by atoms with Gasteiger partial charge in [0.15, 0.2) is 0 Å². The van der Waals surface area contributed by atoms with Gasteiger partial charge < -0.3 is 24.8 Å². The molecule has 0 saturated carbocycles. The number of ether oxygens (including phenoxy) is 3. The summed E-state index contributed by atoms with van der Waals surface area (Å²) in [5.41, 5.74) is 1.20. The van der Waals surface area contributed by atoms with Crippen LogP contribution in [0.25, 0.3) is 0 Å². The predicted molar refractivity (Wildman–Crippen MR) is 124 cm³/mol. The van der Waals surface area contributed by atoms with Gasteiger partial charge in [-0.3, -0.25) is 14.4 Å². The first kappa shape index (κ1) is 25.7. The van der Waals surface area contributed by atoms with E-state index in [1.165, 1.54) is 0 Å². The number of esters is 1. The lowest BCUT2D eigenvalue weighted by molar-refractivity contribution is -0.143. The number of hydrogen-bond acceptors (Lipinski definition) is 6. The Hall–Kier alpha value is -3.55. The standard InChI is InChI=1S/C25H32N2O6/c1-4-32-22-13-7-6-12-20(22)25(30)26-15-9-14-23(28)27-21(17-24(29)33-5-2)18-10-8-11-19(16-18)31-3/h6-8,10-13,16,21H,4-5,9,14-15,17H2,1-3H3,(H,26,30)(H,27,28). The smallest absolute Gasteiger partial charge is 0.308 e. The van der Waals surface area contributed by atoms with E-state index >= 15 is 0 Å².